The fourth-order valence-electron chi connectivity index (χ4n) is 3.38. The van der Waals surface area contributed by atoms with E-state index in [4.69, 9.17) is 9.47 Å². The molecule has 0 aliphatic rings. The third kappa shape index (κ3) is 36.3. The maximum atomic E-state index is 10.1. The molecule has 0 aromatic carbocycles. The molecule has 0 radical (unpaired) electrons. The van der Waals surface area contributed by atoms with Crippen molar-refractivity contribution < 1.29 is 14.3 Å². The minimum Gasteiger partial charge on any atom is -0.356 e. The lowest BCUT2D eigenvalue weighted by atomic mass is 10.1. The Morgan fingerprint density at radius 2 is 0.892 bits per heavy atom. The summed E-state index contributed by atoms with van der Waals surface area (Å²) in [6.45, 7) is 4.29. The van der Waals surface area contributed by atoms with E-state index in [1.54, 1.807) is 14.2 Å². The van der Waals surface area contributed by atoms with E-state index in [1.165, 1.54) is 38.5 Å². The van der Waals surface area contributed by atoms with Crippen LogP contribution in [0.3, 0.4) is 0 Å². The quantitative estimate of drug-likeness (QED) is 0.0422. The molecule has 3 nitrogen and oxygen atoms in total. The highest BCUT2D eigenvalue weighted by molar-refractivity contribution is 5.48. The Morgan fingerprint density at radius 3 is 1.35 bits per heavy atom. The number of methoxy groups -OCH3 is 2. The van der Waals surface area contributed by atoms with Gasteiger partial charge in [0.05, 0.1) is 0 Å². The van der Waals surface area contributed by atoms with E-state index in [0.29, 0.717) is 0 Å². The van der Waals surface area contributed by atoms with Gasteiger partial charge in [-0.05, 0) is 83.5 Å². The summed E-state index contributed by atoms with van der Waals surface area (Å²) in [6, 6.07) is 0. The predicted molar refractivity (Wildman–Crippen MR) is 164 cm³/mol. The van der Waals surface area contributed by atoms with Crippen molar-refractivity contribution in [3.8, 4) is 0 Å². The van der Waals surface area contributed by atoms with Gasteiger partial charge in [-0.3, -0.25) is 0 Å². The second-order valence-electron chi connectivity index (χ2n) is 8.97. The first-order valence-electron chi connectivity index (χ1n) is 14.7. The van der Waals surface area contributed by atoms with Gasteiger partial charge < -0.3 is 14.3 Å². The molecule has 0 saturated heterocycles. The molecular formula is C34H58O3. The van der Waals surface area contributed by atoms with Gasteiger partial charge in [-0.1, -0.05) is 99.6 Å². The van der Waals surface area contributed by atoms with Crippen molar-refractivity contribution in [2.45, 2.75) is 123 Å². The van der Waals surface area contributed by atoms with Crippen molar-refractivity contribution in [1.82, 2.24) is 0 Å². The molecule has 0 atom stereocenters. The lowest BCUT2D eigenvalue weighted by Gasteiger charge is -2.12. The van der Waals surface area contributed by atoms with Crippen LogP contribution >= 0.6 is 0 Å². The molecule has 0 aliphatic carbocycles. The summed E-state index contributed by atoms with van der Waals surface area (Å²) in [5, 5.41) is 0. The number of rotatable bonds is 24. The zero-order chi connectivity index (χ0) is 27.5. The second-order valence-corrected chi connectivity index (χ2v) is 8.97. The Bertz CT molecular complexity index is 607. The molecule has 0 aliphatic heterocycles. The van der Waals surface area contributed by atoms with E-state index in [9.17, 15) is 4.79 Å². The number of hydrogen-bond acceptors (Lipinski definition) is 3. The number of aldehydes is 1. The van der Waals surface area contributed by atoms with E-state index in [1.807, 2.05) is 0 Å². The third-order valence-corrected chi connectivity index (χ3v) is 5.60. The molecule has 0 fully saturated rings. The van der Waals surface area contributed by atoms with Crippen molar-refractivity contribution in [1.29, 1.82) is 0 Å². The van der Waals surface area contributed by atoms with Gasteiger partial charge in [-0.15, -0.1) is 0 Å². The molecule has 212 valence electrons. The lowest BCUT2D eigenvalue weighted by Crippen LogP contribution is -2.12. The standard InChI is InChI=1S/C18H32O2.C16H26O/c1-4-5-6-7-8-9-10-11-12-13-14-15-16-17-18(19-2)20-3;1-2-3-4-5-6-7-8-9-10-11-12-13-14-15-16-17/h5-8,11-12,18H,4,9-10,13-17H2,1-3H3;3-6,9-10,16H,2,7-8,11-15H2,1H3/b6-5+,8-7-,12-11-;4-3+,6-5-,10-9-. The predicted octanol–water partition coefficient (Wildman–Crippen LogP) is 10.4. The van der Waals surface area contributed by atoms with Crippen LogP contribution < -0.4 is 0 Å². The Labute approximate surface area is 230 Å². The first-order valence-corrected chi connectivity index (χ1v) is 14.7. The van der Waals surface area contributed by atoms with Gasteiger partial charge in [-0.25, -0.2) is 0 Å². The third-order valence-electron chi connectivity index (χ3n) is 5.60. The van der Waals surface area contributed by atoms with Gasteiger partial charge in [0.1, 0.15) is 6.29 Å². The zero-order valence-electron chi connectivity index (χ0n) is 24.6. The fourth-order valence-corrected chi connectivity index (χ4v) is 3.38. The van der Waals surface area contributed by atoms with Crippen LogP contribution in [0.25, 0.3) is 0 Å². The van der Waals surface area contributed by atoms with Gasteiger partial charge in [0.2, 0.25) is 0 Å². The molecule has 0 amide bonds. The van der Waals surface area contributed by atoms with Gasteiger partial charge in [0.25, 0.3) is 0 Å². The van der Waals surface area contributed by atoms with E-state index in [-0.39, 0.29) is 6.29 Å². The van der Waals surface area contributed by atoms with Gasteiger partial charge in [0.15, 0.2) is 6.29 Å². The van der Waals surface area contributed by atoms with E-state index >= 15 is 0 Å². The molecule has 0 unspecified atom stereocenters. The van der Waals surface area contributed by atoms with E-state index in [0.717, 1.165) is 70.5 Å². The fraction of sp³-hybridized carbons (Fsp3) is 0.618. The first-order chi connectivity index (χ1) is 18.3. The number of unbranched alkanes of at least 4 members (excludes halogenated alkanes) is 9. The average molecular weight is 515 g/mol. The van der Waals surface area contributed by atoms with Gasteiger partial charge in [-0.2, -0.15) is 0 Å². The molecule has 0 rings (SSSR count). The van der Waals surface area contributed by atoms with Gasteiger partial charge >= 0.3 is 0 Å². The summed E-state index contributed by atoms with van der Waals surface area (Å²) in [7, 11) is 3.40. The lowest BCUT2D eigenvalue weighted by molar-refractivity contribution is -0.108. The Morgan fingerprint density at radius 1 is 0.486 bits per heavy atom. The van der Waals surface area contributed by atoms with Crippen LogP contribution in [0.1, 0.15) is 117 Å². The second kappa shape index (κ2) is 36.2. The Balaban J connectivity index is 0. The summed E-state index contributed by atoms with van der Waals surface area (Å²) < 4.78 is 10.3. The van der Waals surface area contributed by atoms with Crippen LogP contribution in [-0.2, 0) is 14.3 Å². The molecule has 0 aromatic rings. The Kier molecular flexibility index (Phi) is 36.4. The monoisotopic (exact) mass is 514 g/mol. The number of carbonyl (C=O) groups excluding carboxylic acids is 1. The number of carbonyl (C=O) groups is 1. The molecule has 0 saturated carbocycles. The molecule has 3 heteroatoms. The summed E-state index contributed by atoms with van der Waals surface area (Å²) in [5.74, 6) is 0. The first kappa shape index (κ1) is 37.2. The minimum atomic E-state index is -0.0286. The molecular weight excluding hydrogens is 456 g/mol. The number of allylic oxidation sites excluding steroid dienone is 12. The van der Waals surface area contributed by atoms with Crippen molar-refractivity contribution in [3.63, 3.8) is 0 Å². The molecule has 0 heterocycles. The smallest absolute Gasteiger partial charge is 0.156 e. The van der Waals surface area contributed by atoms with Crippen molar-refractivity contribution in [2.75, 3.05) is 14.2 Å². The minimum absolute atomic E-state index is 0.0286. The molecule has 0 bridgehead atoms. The van der Waals surface area contributed by atoms with Crippen molar-refractivity contribution >= 4 is 6.29 Å². The van der Waals surface area contributed by atoms with E-state index < -0.39 is 0 Å². The number of hydrogen-bond donors (Lipinski definition) is 0. The summed E-state index contributed by atoms with van der Waals surface area (Å²) >= 11 is 0. The topological polar surface area (TPSA) is 35.5 Å². The van der Waals surface area contributed by atoms with Crippen LogP contribution in [0.15, 0.2) is 72.9 Å². The average Bonchev–Trinajstić information content (AvgIpc) is 2.92. The van der Waals surface area contributed by atoms with Crippen molar-refractivity contribution in [2.24, 2.45) is 0 Å². The van der Waals surface area contributed by atoms with Crippen LogP contribution in [0.4, 0.5) is 0 Å². The zero-order valence-corrected chi connectivity index (χ0v) is 24.6. The van der Waals surface area contributed by atoms with E-state index in [2.05, 4.69) is 86.8 Å². The normalized spacial score (nSPS) is 12.4. The SMILES string of the molecule is CC/C=C/C=C\CC/C=C\CCCCCC(OC)OC.CC/C=C/C=C\CC/C=C\CCCCCC=O. The van der Waals surface area contributed by atoms with Crippen LogP contribution in [0.2, 0.25) is 0 Å². The highest BCUT2D eigenvalue weighted by atomic mass is 16.7. The van der Waals surface area contributed by atoms with Crippen molar-refractivity contribution in [3.05, 3.63) is 72.9 Å². The Hall–Kier alpha value is -1.97. The van der Waals surface area contributed by atoms with Crippen LogP contribution in [0, 0.1) is 0 Å². The summed E-state index contributed by atoms with van der Waals surface area (Å²) in [6.07, 6.45) is 45.2. The summed E-state index contributed by atoms with van der Waals surface area (Å²) in [4.78, 5) is 10.1. The maximum absolute atomic E-state index is 10.1. The molecule has 37 heavy (non-hydrogen) atoms. The van der Waals surface area contributed by atoms with Gasteiger partial charge in [0, 0.05) is 20.6 Å². The van der Waals surface area contributed by atoms with Crippen LogP contribution in [-0.4, -0.2) is 26.8 Å². The molecule has 0 aromatic heterocycles. The highest BCUT2D eigenvalue weighted by Crippen LogP contribution is 2.09. The molecule has 0 N–H and O–H groups in total. The molecule has 0 spiro atoms. The van der Waals surface area contributed by atoms with Crippen LogP contribution in [0.5, 0.6) is 0 Å². The highest BCUT2D eigenvalue weighted by Gasteiger charge is 2.02. The largest absolute Gasteiger partial charge is 0.356 e. The maximum Gasteiger partial charge on any atom is 0.156 e. The summed E-state index contributed by atoms with van der Waals surface area (Å²) in [5.41, 5.74) is 0. The number of ether oxygens (including phenoxy) is 2.